The minimum Gasteiger partial charge on any atom is -0.387 e. The van der Waals surface area contributed by atoms with Crippen molar-refractivity contribution in [2.45, 2.75) is 45.1 Å². The monoisotopic (exact) mass is 264 g/mol. The summed E-state index contributed by atoms with van der Waals surface area (Å²) in [6, 6.07) is 0.792. The van der Waals surface area contributed by atoms with Crippen LogP contribution in [0.25, 0.3) is 0 Å². The molecule has 108 valence electrons. The zero-order valence-corrected chi connectivity index (χ0v) is 12.1. The van der Waals surface area contributed by atoms with Crippen molar-refractivity contribution in [3.8, 4) is 0 Å². The highest BCUT2D eigenvalue weighted by atomic mass is 15.2. The molecule has 2 heterocycles. The number of hydrogen-bond acceptors (Lipinski definition) is 3. The van der Waals surface area contributed by atoms with Gasteiger partial charge in [-0.15, -0.1) is 0 Å². The number of aliphatic imine (C=N–C) groups is 1. The lowest BCUT2D eigenvalue weighted by atomic mass is 9.93. The van der Waals surface area contributed by atoms with Gasteiger partial charge in [0.05, 0.1) is 0 Å². The molecular formula is C15H28N4. The Hall–Kier alpha value is -0.870. The molecule has 0 spiro atoms. The van der Waals surface area contributed by atoms with Crippen molar-refractivity contribution in [1.29, 1.82) is 0 Å². The third-order valence-electron chi connectivity index (χ3n) is 4.34. The van der Waals surface area contributed by atoms with Crippen molar-refractivity contribution in [3.05, 3.63) is 12.3 Å². The fourth-order valence-corrected chi connectivity index (χ4v) is 3.08. The van der Waals surface area contributed by atoms with E-state index in [0.29, 0.717) is 5.92 Å². The van der Waals surface area contributed by atoms with Gasteiger partial charge in [-0.25, -0.2) is 4.99 Å². The Morgan fingerprint density at radius 2 is 1.95 bits per heavy atom. The second kappa shape index (κ2) is 7.65. The van der Waals surface area contributed by atoms with Crippen LogP contribution in [0.3, 0.4) is 0 Å². The molecule has 2 rings (SSSR count). The number of nitrogens with zero attached hydrogens (tertiary/aromatic N) is 2. The van der Waals surface area contributed by atoms with Crippen LogP contribution in [0.15, 0.2) is 17.3 Å². The van der Waals surface area contributed by atoms with Gasteiger partial charge >= 0.3 is 0 Å². The van der Waals surface area contributed by atoms with Crippen LogP contribution in [-0.4, -0.2) is 43.0 Å². The number of allylic oxidation sites excluding steroid dienone is 1. The molecule has 2 saturated heterocycles. The number of hydrogen-bond donors (Lipinski definition) is 2. The predicted molar refractivity (Wildman–Crippen MR) is 81.2 cm³/mol. The van der Waals surface area contributed by atoms with Crippen LogP contribution in [-0.2, 0) is 0 Å². The van der Waals surface area contributed by atoms with Gasteiger partial charge < -0.3 is 16.0 Å². The fraction of sp³-hybridized carbons (Fsp3) is 0.800. The van der Waals surface area contributed by atoms with Crippen molar-refractivity contribution >= 4 is 5.84 Å². The van der Waals surface area contributed by atoms with Crippen LogP contribution in [0.4, 0.5) is 0 Å². The lowest BCUT2D eigenvalue weighted by Gasteiger charge is -2.39. The van der Waals surface area contributed by atoms with E-state index in [4.69, 9.17) is 5.73 Å². The second-order valence-electron chi connectivity index (χ2n) is 5.64. The zero-order valence-electron chi connectivity index (χ0n) is 12.1. The minimum atomic E-state index is 0.486. The Labute approximate surface area is 117 Å². The summed E-state index contributed by atoms with van der Waals surface area (Å²) in [6.45, 7) is 6.83. The van der Waals surface area contributed by atoms with Gasteiger partial charge in [0.25, 0.3) is 0 Å². The van der Waals surface area contributed by atoms with E-state index in [1.807, 2.05) is 6.20 Å². The first-order valence-corrected chi connectivity index (χ1v) is 7.74. The molecule has 0 unspecified atom stereocenters. The molecular weight excluding hydrogens is 236 g/mol. The zero-order chi connectivity index (χ0) is 13.5. The molecule has 2 aliphatic rings. The first-order valence-electron chi connectivity index (χ1n) is 7.74. The fourth-order valence-electron chi connectivity index (χ4n) is 3.08. The van der Waals surface area contributed by atoms with Gasteiger partial charge in [0.1, 0.15) is 5.84 Å². The quantitative estimate of drug-likeness (QED) is 0.600. The Kier molecular flexibility index (Phi) is 5.86. The molecule has 0 aromatic carbocycles. The maximum atomic E-state index is 6.08. The number of likely N-dealkylation sites (tertiary alicyclic amines) is 1. The summed E-state index contributed by atoms with van der Waals surface area (Å²) >= 11 is 0. The van der Waals surface area contributed by atoms with E-state index in [9.17, 15) is 0 Å². The number of nitrogens with two attached hydrogens (primary N) is 1. The van der Waals surface area contributed by atoms with Gasteiger partial charge in [-0.1, -0.05) is 13.0 Å². The topological polar surface area (TPSA) is 53.6 Å². The second-order valence-corrected chi connectivity index (χ2v) is 5.64. The molecule has 2 fully saturated rings. The van der Waals surface area contributed by atoms with Gasteiger partial charge in [-0.05, 0) is 58.3 Å². The molecule has 0 amide bonds. The van der Waals surface area contributed by atoms with Gasteiger partial charge in [-0.3, -0.25) is 0 Å². The molecule has 4 nitrogen and oxygen atoms in total. The Morgan fingerprint density at radius 1 is 1.26 bits per heavy atom. The average molecular weight is 264 g/mol. The number of nitrogens with one attached hydrogen (secondary N) is 1. The average Bonchev–Trinajstić information content (AvgIpc) is 2.48. The van der Waals surface area contributed by atoms with E-state index in [1.165, 1.54) is 51.9 Å². The Morgan fingerprint density at radius 3 is 2.58 bits per heavy atom. The van der Waals surface area contributed by atoms with Crippen molar-refractivity contribution in [2.24, 2.45) is 16.6 Å². The van der Waals surface area contributed by atoms with Crippen molar-refractivity contribution < 1.29 is 0 Å². The van der Waals surface area contributed by atoms with Crippen molar-refractivity contribution in [1.82, 2.24) is 10.2 Å². The molecule has 0 atom stereocenters. The maximum Gasteiger partial charge on any atom is 0.102 e. The van der Waals surface area contributed by atoms with Crippen LogP contribution >= 0.6 is 0 Å². The lowest BCUT2D eigenvalue weighted by molar-refractivity contribution is 0.125. The Balaban J connectivity index is 1.78. The molecule has 2 aliphatic heterocycles. The number of amidine groups is 1. The van der Waals surface area contributed by atoms with Gasteiger partial charge in [0.15, 0.2) is 0 Å². The van der Waals surface area contributed by atoms with Crippen LogP contribution in [0, 0.1) is 5.92 Å². The molecule has 0 aromatic heterocycles. The van der Waals surface area contributed by atoms with Gasteiger partial charge in [0, 0.05) is 18.2 Å². The molecule has 4 heteroatoms. The molecule has 0 bridgehead atoms. The number of piperidine rings is 2. The van der Waals surface area contributed by atoms with Crippen molar-refractivity contribution in [2.75, 3.05) is 26.2 Å². The summed E-state index contributed by atoms with van der Waals surface area (Å²) < 4.78 is 0. The SMILES string of the molecule is CCC=CN=C(N)C1CCN(C2CCNCC2)CC1. The summed E-state index contributed by atoms with van der Waals surface area (Å²) in [6.07, 6.45) is 9.86. The molecule has 3 N–H and O–H groups in total. The van der Waals surface area contributed by atoms with E-state index < -0.39 is 0 Å². The van der Waals surface area contributed by atoms with Crippen LogP contribution < -0.4 is 11.1 Å². The summed E-state index contributed by atoms with van der Waals surface area (Å²) in [5, 5.41) is 3.44. The summed E-state index contributed by atoms with van der Waals surface area (Å²) in [7, 11) is 0. The minimum absolute atomic E-state index is 0.486. The van der Waals surface area contributed by atoms with E-state index in [-0.39, 0.29) is 0 Å². The lowest BCUT2D eigenvalue weighted by Crippen LogP contribution is -2.47. The first kappa shape index (κ1) is 14.5. The smallest absolute Gasteiger partial charge is 0.102 e. The van der Waals surface area contributed by atoms with E-state index in [1.54, 1.807) is 0 Å². The summed E-state index contributed by atoms with van der Waals surface area (Å²) in [5.74, 6) is 1.31. The molecule has 19 heavy (non-hydrogen) atoms. The van der Waals surface area contributed by atoms with Crippen LogP contribution in [0.5, 0.6) is 0 Å². The van der Waals surface area contributed by atoms with E-state index in [2.05, 4.69) is 28.2 Å². The third-order valence-corrected chi connectivity index (χ3v) is 4.34. The van der Waals surface area contributed by atoms with Gasteiger partial charge in [-0.2, -0.15) is 0 Å². The normalized spacial score (nSPS) is 25.2. The largest absolute Gasteiger partial charge is 0.387 e. The summed E-state index contributed by atoms with van der Waals surface area (Å²) in [4.78, 5) is 7.02. The van der Waals surface area contributed by atoms with Gasteiger partial charge in [0.2, 0.25) is 0 Å². The highest BCUT2D eigenvalue weighted by molar-refractivity contribution is 5.83. The molecule has 0 aliphatic carbocycles. The van der Waals surface area contributed by atoms with E-state index in [0.717, 1.165) is 18.3 Å². The van der Waals surface area contributed by atoms with Crippen LogP contribution in [0.2, 0.25) is 0 Å². The maximum absolute atomic E-state index is 6.08. The Bertz CT molecular complexity index is 310. The first-order chi connectivity index (χ1) is 9.31. The number of rotatable bonds is 4. The van der Waals surface area contributed by atoms with Crippen molar-refractivity contribution in [3.63, 3.8) is 0 Å². The highest BCUT2D eigenvalue weighted by Gasteiger charge is 2.27. The molecule has 0 radical (unpaired) electrons. The third kappa shape index (κ3) is 4.32. The summed E-state index contributed by atoms with van der Waals surface area (Å²) in [5.41, 5.74) is 6.08. The standard InChI is InChI=1S/C15H28N4/c1-2-3-8-18-15(16)13-6-11-19(12-7-13)14-4-9-17-10-5-14/h3,8,13-14,17H,2,4-7,9-12H2,1H3,(H2,16,18). The molecule has 0 aromatic rings. The van der Waals surface area contributed by atoms with Crippen LogP contribution in [0.1, 0.15) is 39.0 Å². The predicted octanol–water partition coefficient (Wildman–Crippen LogP) is 1.73. The molecule has 0 saturated carbocycles. The highest BCUT2D eigenvalue weighted by Crippen LogP contribution is 2.22. The van der Waals surface area contributed by atoms with E-state index >= 15 is 0 Å².